The number of aliphatic carboxylic acids is 1. The van der Waals surface area contributed by atoms with Crippen LogP contribution in [0.4, 0.5) is 0 Å². The lowest BCUT2D eigenvalue weighted by Crippen LogP contribution is -2.39. The van der Waals surface area contributed by atoms with Crippen molar-refractivity contribution in [2.24, 2.45) is 11.8 Å². The summed E-state index contributed by atoms with van der Waals surface area (Å²) in [6.45, 7) is 0.363. The van der Waals surface area contributed by atoms with E-state index in [0.717, 1.165) is 11.1 Å². The first-order valence-corrected chi connectivity index (χ1v) is 9.11. The molecule has 3 aliphatic rings. The van der Waals surface area contributed by atoms with Crippen molar-refractivity contribution >= 4 is 11.9 Å². The highest BCUT2D eigenvalue weighted by Crippen LogP contribution is 2.53. The number of hydrogen-bond donors (Lipinski definition) is 1. The maximum atomic E-state index is 13.4. The first-order valence-electron chi connectivity index (χ1n) is 9.11. The smallest absolute Gasteiger partial charge is 0.310 e. The molecular formula is C22H19NO4. The Labute approximate surface area is 156 Å². The first-order chi connectivity index (χ1) is 13.1. The highest BCUT2D eigenvalue weighted by molar-refractivity contribution is 5.91. The van der Waals surface area contributed by atoms with E-state index in [0.29, 0.717) is 6.54 Å². The van der Waals surface area contributed by atoms with Crippen molar-refractivity contribution in [3.8, 4) is 0 Å². The average Bonchev–Trinajstić information content (AvgIpc) is 3.32. The van der Waals surface area contributed by atoms with E-state index >= 15 is 0 Å². The second-order valence-electron chi connectivity index (χ2n) is 7.43. The van der Waals surface area contributed by atoms with Gasteiger partial charge in [-0.3, -0.25) is 9.59 Å². The fraction of sp³-hybridized carbons (Fsp3) is 0.273. The monoisotopic (exact) mass is 361 g/mol. The predicted molar refractivity (Wildman–Crippen MR) is 97.8 cm³/mol. The minimum Gasteiger partial charge on any atom is -0.481 e. The average molecular weight is 361 g/mol. The van der Waals surface area contributed by atoms with Gasteiger partial charge >= 0.3 is 5.97 Å². The summed E-state index contributed by atoms with van der Waals surface area (Å²) in [5.74, 6) is -2.60. The van der Waals surface area contributed by atoms with Crippen LogP contribution in [0.5, 0.6) is 0 Å². The number of hydrogen-bond acceptors (Lipinski definition) is 3. The molecule has 5 rings (SSSR count). The molecule has 0 unspecified atom stereocenters. The van der Waals surface area contributed by atoms with Gasteiger partial charge in [0.05, 0.1) is 24.6 Å². The summed E-state index contributed by atoms with van der Waals surface area (Å²) in [4.78, 5) is 27.0. The Hall–Kier alpha value is -2.92. The molecule has 27 heavy (non-hydrogen) atoms. The summed E-state index contributed by atoms with van der Waals surface area (Å²) in [5, 5.41) is 9.67. The van der Waals surface area contributed by atoms with Crippen LogP contribution in [0, 0.1) is 11.8 Å². The van der Waals surface area contributed by atoms with Crippen LogP contribution in [0.15, 0.2) is 72.8 Å². The third kappa shape index (κ3) is 2.28. The van der Waals surface area contributed by atoms with Crippen molar-refractivity contribution in [1.82, 2.24) is 4.90 Å². The van der Waals surface area contributed by atoms with E-state index in [2.05, 4.69) is 0 Å². The summed E-state index contributed by atoms with van der Waals surface area (Å²) in [5.41, 5.74) is 1.17. The molecule has 2 aromatic carbocycles. The number of rotatable bonds is 4. The number of carboxylic acids is 1. The summed E-state index contributed by atoms with van der Waals surface area (Å²) >= 11 is 0. The zero-order chi connectivity index (χ0) is 18.6. The molecule has 136 valence electrons. The van der Waals surface area contributed by atoms with E-state index in [9.17, 15) is 14.7 Å². The number of amides is 1. The molecule has 3 aliphatic heterocycles. The predicted octanol–water partition coefficient (Wildman–Crippen LogP) is 2.64. The molecular weight excluding hydrogens is 342 g/mol. The van der Waals surface area contributed by atoms with Crippen LogP contribution in [0.25, 0.3) is 0 Å². The van der Waals surface area contributed by atoms with E-state index in [4.69, 9.17) is 4.74 Å². The molecule has 2 fully saturated rings. The summed E-state index contributed by atoms with van der Waals surface area (Å²) in [6, 6.07) is 19.4. The first kappa shape index (κ1) is 16.3. The molecule has 3 heterocycles. The Balaban J connectivity index is 1.59. The SMILES string of the molecule is O=C(O)[C@H]1[C@H]2C=C[C@@]3(CN(C(c4ccccc4)c4ccccc4)C(=O)[C@@H]13)O2. The molecule has 2 aromatic rings. The van der Waals surface area contributed by atoms with Crippen molar-refractivity contribution in [2.45, 2.75) is 17.7 Å². The Bertz CT molecular complexity index is 886. The van der Waals surface area contributed by atoms with Gasteiger partial charge in [0.15, 0.2) is 0 Å². The van der Waals surface area contributed by atoms with Crippen molar-refractivity contribution < 1.29 is 19.4 Å². The van der Waals surface area contributed by atoms with Crippen molar-refractivity contribution in [2.75, 3.05) is 6.54 Å². The van der Waals surface area contributed by atoms with Gasteiger partial charge in [0, 0.05) is 0 Å². The van der Waals surface area contributed by atoms with Gasteiger partial charge in [0.25, 0.3) is 0 Å². The molecule has 5 nitrogen and oxygen atoms in total. The standard InChI is InChI=1S/C22H19NO4/c24-20-18-17(21(25)26)16-11-12-22(18,27-16)13-23(20)19(14-7-3-1-4-8-14)15-9-5-2-6-10-15/h1-12,16-19H,13H2,(H,25,26)/t16-,17+,18-,22+/m1/s1. The van der Waals surface area contributed by atoms with Gasteiger partial charge in [0.2, 0.25) is 5.91 Å². The minimum atomic E-state index is -0.970. The van der Waals surface area contributed by atoms with Gasteiger partial charge in [-0.15, -0.1) is 0 Å². The summed E-state index contributed by atoms with van der Waals surface area (Å²) < 4.78 is 6.03. The van der Waals surface area contributed by atoms with Crippen LogP contribution >= 0.6 is 0 Å². The van der Waals surface area contributed by atoms with E-state index in [1.54, 1.807) is 11.0 Å². The second-order valence-corrected chi connectivity index (χ2v) is 7.43. The third-order valence-corrected chi connectivity index (χ3v) is 5.96. The molecule has 2 saturated heterocycles. The minimum absolute atomic E-state index is 0.146. The van der Waals surface area contributed by atoms with E-state index < -0.39 is 29.5 Å². The van der Waals surface area contributed by atoms with E-state index in [-0.39, 0.29) is 11.9 Å². The quantitative estimate of drug-likeness (QED) is 0.850. The molecule has 1 amide bonds. The summed E-state index contributed by atoms with van der Waals surface area (Å²) in [7, 11) is 0. The van der Waals surface area contributed by atoms with E-state index in [1.165, 1.54) is 0 Å². The molecule has 1 N–H and O–H groups in total. The van der Waals surface area contributed by atoms with Gasteiger partial charge in [0.1, 0.15) is 11.5 Å². The molecule has 0 aliphatic carbocycles. The van der Waals surface area contributed by atoms with E-state index in [1.807, 2.05) is 66.7 Å². The van der Waals surface area contributed by atoms with Gasteiger partial charge in [-0.05, 0) is 11.1 Å². The lowest BCUT2D eigenvalue weighted by atomic mass is 9.77. The normalized spacial score (nSPS) is 30.9. The maximum absolute atomic E-state index is 13.4. The second kappa shape index (κ2) is 5.79. The highest BCUT2D eigenvalue weighted by Gasteiger charge is 2.67. The van der Waals surface area contributed by atoms with Gasteiger partial charge < -0.3 is 14.7 Å². The van der Waals surface area contributed by atoms with Crippen LogP contribution in [-0.4, -0.2) is 40.1 Å². The van der Waals surface area contributed by atoms with Crippen LogP contribution < -0.4 is 0 Å². The van der Waals surface area contributed by atoms with Crippen LogP contribution in [0.2, 0.25) is 0 Å². The van der Waals surface area contributed by atoms with Gasteiger partial charge in [-0.1, -0.05) is 72.8 Å². The fourth-order valence-corrected chi connectivity index (χ4v) is 4.85. The lowest BCUT2D eigenvalue weighted by molar-refractivity contribution is -0.148. The molecule has 5 heteroatoms. The van der Waals surface area contributed by atoms with Crippen molar-refractivity contribution in [3.05, 3.63) is 83.9 Å². The van der Waals surface area contributed by atoms with Gasteiger partial charge in [-0.25, -0.2) is 0 Å². The Morgan fingerprint density at radius 3 is 2.22 bits per heavy atom. The van der Waals surface area contributed by atoms with Gasteiger partial charge in [-0.2, -0.15) is 0 Å². The van der Waals surface area contributed by atoms with Crippen LogP contribution in [0.1, 0.15) is 17.2 Å². The molecule has 1 spiro atoms. The topological polar surface area (TPSA) is 66.8 Å². The number of benzene rings is 2. The number of fused-ring (bicyclic) bond motifs is 1. The Kier molecular flexibility index (Phi) is 3.49. The molecule has 0 saturated carbocycles. The third-order valence-electron chi connectivity index (χ3n) is 5.96. The Morgan fingerprint density at radius 1 is 1.07 bits per heavy atom. The fourth-order valence-electron chi connectivity index (χ4n) is 4.85. The zero-order valence-corrected chi connectivity index (χ0v) is 14.6. The maximum Gasteiger partial charge on any atom is 0.310 e. The zero-order valence-electron chi connectivity index (χ0n) is 14.6. The molecule has 0 radical (unpaired) electrons. The molecule has 4 atom stereocenters. The number of carbonyl (C=O) groups is 2. The number of ether oxygens (including phenoxy) is 1. The molecule has 2 bridgehead atoms. The van der Waals surface area contributed by atoms with Crippen LogP contribution in [-0.2, 0) is 14.3 Å². The number of carboxylic acid groups (broad SMARTS) is 1. The number of likely N-dealkylation sites (tertiary alicyclic amines) is 1. The van der Waals surface area contributed by atoms with Crippen molar-refractivity contribution in [3.63, 3.8) is 0 Å². The Morgan fingerprint density at radius 2 is 1.67 bits per heavy atom. The number of nitrogens with zero attached hydrogens (tertiary/aromatic N) is 1. The largest absolute Gasteiger partial charge is 0.481 e. The number of carbonyl (C=O) groups excluding carboxylic acids is 1. The van der Waals surface area contributed by atoms with Crippen LogP contribution in [0.3, 0.4) is 0 Å². The highest BCUT2D eigenvalue weighted by atomic mass is 16.5. The molecule has 0 aromatic heterocycles. The van der Waals surface area contributed by atoms with Crippen molar-refractivity contribution in [1.29, 1.82) is 0 Å². The lowest BCUT2D eigenvalue weighted by Gasteiger charge is -2.31. The summed E-state index contributed by atoms with van der Waals surface area (Å²) in [6.07, 6.45) is 3.18.